The molecule has 1 heterocycles. The van der Waals surface area contributed by atoms with Crippen molar-refractivity contribution >= 4 is 45.1 Å². The lowest BCUT2D eigenvalue weighted by atomic mass is 10.1. The first-order chi connectivity index (χ1) is 10.1. The monoisotopic (exact) mass is 411 g/mol. The Balaban J connectivity index is 2.06. The molecule has 0 aliphatic heterocycles. The lowest BCUT2D eigenvalue weighted by Crippen LogP contribution is -2.05. The molecule has 1 aromatic heterocycles. The molecule has 0 amide bonds. The standard InChI is InChI=1S/C17H15ClINO/c1-11(12-3-6-14(21-2)7-4-12)20-10-16(19)15-9-13(18)5-8-17(15)20/h3-11H,1-2H3/t11-/m1/s1. The number of aromatic nitrogens is 1. The van der Waals surface area contributed by atoms with Crippen molar-refractivity contribution in [3.8, 4) is 5.75 Å². The Morgan fingerprint density at radius 1 is 1.14 bits per heavy atom. The summed E-state index contributed by atoms with van der Waals surface area (Å²) in [4.78, 5) is 0. The summed E-state index contributed by atoms with van der Waals surface area (Å²) in [6.07, 6.45) is 2.18. The summed E-state index contributed by atoms with van der Waals surface area (Å²) in [5, 5.41) is 1.97. The molecule has 0 spiro atoms. The molecule has 0 fully saturated rings. The van der Waals surface area contributed by atoms with Crippen molar-refractivity contribution in [1.29, 1.82) is 0 Å². The van der Waals surface area contributed by atoms with E-state index in [2.05, 4.69) is 58.5 Å². The number of benzene rings is 2. The second-order valence-corrected chi connectivity index (χ2v) is 6.59. The Bertz CT molecular complexity index is 779. The van der Waals surface area contributed by atoms with Gasteiger partial charge in [0.15, 0.2) is 0 Å². The highest BCUT2D eigenvalue weighted by molar-refractivity contribution is 14.1. The predicted octanol–water partition coefficient (Wildman–Crippen LogP) is 5.52. The summed E-state index contributed by atoms with van der Waals surface area (Å²) < 4.78 is 8.72. The third-order valence-corrected chi connectivity index (χ3v) is 4.86. The van der Waals surface area contributed by atoms with Crippen LogP contribution in [0.4, 0.5) is 0 Å². The van der Waals surface area contributed by atoms with Gasteiger partial charge in [0.05, 0.1) is 13.2 Å². The highest BCUT2D eigenvalue weighted by Gasteiger charge is 2.13. The molecule has 0 unspecified atom stereocenters. The molecule has 3 rings (SSSR count). The molecule has 2 aromatic carbocycles. The second-order valence-electron chi connectivity index (χ2n) is 4.99. The Kier molecular flexibility index (Phi) is 4.13. The summed E-state index contributed by atoms with van der Waals surface area (Å²) in [5.74, 6) is 0.879. The highest BCUT2D eigenvalue weighted by atomic mass is 127. The van der Waals surface area contributed by atoms with Gasteiger partial charge in [-0.2, -0.15) is 0 Å². The summed E-state index contributed by atoms with van der Waals surface area (Å²) >= 11 is 8.46. The average Bonchev–Trinajstić information content (AvgIpc) is 2.83. The number of hydrogen-bond donors (Lipinski definition) is 0. The number of fused-ring (bicyclic) bond motifs is 1. The zero-order valence-electron chi connectivity index (χ0n) is 11.8. The van der Waals surface area contributed by atoms with Crippen molar-refractivity contribution in [2.24, 2.45) is 0 Å². The van der Waals surface area contributed by atoms with Crippen molar-refractivity contribution in [3.63, 3.8) is 0 Å². The van der Waals surface area contributed by atoms with E-state index < -0.39 is 0 Å². The fraction of sp³-hybridized carbons (Fsp3) is 0.176. The molecule has 0 saturated heterocycles. The number of ether oxygens (including phenoxy) is 1. The fourth-order valence-electron chi connectivity index (χ4n) is 2.55. The number of hydrogen-bond acceptors (Lipinski definition) is 1. The molecule has 0 radical (unpaired) electrons. The maximum Gasteiger partial charge on any atom is 0.118 e. The van der Waals surface area contributed by atoms with E-state index in [1.807, 2.05) is 24.3 Å². The molecule has 0 saturated carbocycles. The van der Waals surface area contributed by atoms with Gasteiger partial charge in [0, 0.05) is 25.7 Å². The van der Waals surface area contributed by atoms with E-state index in [0.717, 1.165) is 10.8 Å². The minimum absolute atomic E-state index is 0.253. The van der Waals surface area contributed by atoms with Crippen LogP contribution in [-0.2, 0) is 0 Å². The predicted molar refractivity (Wildman–Crippen MR) is 96.5 cm³/mol. The van der Waals surface area contributed by atoms with E-state index in [4.69, 9.17) is 16.3 Å². The van der Waals surface area contributed by atoms with E-state index in [0.29, 0.717) is 0 Å². The zero-order valence-corrected chi connectivity index (χ0v) is 14.7. The third-order valence-electron chi connectivity index (χ3n) is 3.76. The quantitative estimate of drug-likeness (QED) is 0.518. The molecule has 0 aliphatic rings. The highest BCUT2D eigenvalue weighted by Crippen LogP contribution is 2.31. The van der Waals surface area contributed by atoms with Crippen molar-refractivity contribution in [2.45, 2.75) is 13.0 Å². The van der Waals surface area contributed by atoms with E-state index >= 15 is 0 Å². The molecule has 0 aliphatic carbocycles. The maximum absolute atomic E-state index is 6.10. The second kappa shape index (κ2) is 5.89. The van der Waals surface area contributed by atoms with Gasteiger partial charge in [0.1, 0.15) is 5.75 Å². The molecule has 108 valence electrons. The summed E-state index contributed by atoms with van der Waals surface area (Å²) in [7, 11) is 1.68. The number of halogens is 2. The van der Waals surface area contributed by atoms with Crippen LogP contribution in [0, 0.1) is 3.57 Å². The Hall–Kier alpha value is -1.20. The molecule has 4 heteroatoms. The van der Waals surface area contributed by atoms with Gasteiger partial charge in [-0.25, -0.2) is 0 Å². The van der Waals surface area contributed by atoms with Gasteiger partial charge in [-0.05, 0) is 65.4 Å². The average molecular weight is 412 g/mol. The molecule has 0 bridgehead atoms. The van der Waals surface area contributed by atoms with Gasteiger partial charge in [0.25, 0.3) is 0 Å². The Labute approximate surface area is 142 Å². The molecule has 3 aromatic rings. The van der Waals surface area contributed by atoms with Crippen LogP contribution >= 0.6 is 34.2 Å². The molecule has 21 heavy (non-hydrogen) atoms. The summed E-state index contributed by atoms with van der Waals surface area (Å²) in [6, 6.07) is 14.5. The van der Waals surface area contributed by atoms with Crippen LogP contribution in [-0.4, -0.2) is 11.7 Å². The first kappa shape index (κ1) is 14.7. The molecule has 1 atom stereocenters. The third kappa shape index (κ3) is 2.77. The van der Waals surface area contributed by atoms with Crippen LogP contribution in [0.3, 0.4) is 0 Å². The van der Waals surface area contributed by atoms with Gasteiger partial charge >= 0.3 is 0 Å². The number of methoxy groups -OCH3 is 1. The molecular weight excluding hydrogens is 397 g/mol. The molecule has 0 N–H and O–H groups in total. The van der Waals surface area contributed by atoms with Crippen LogP contribution in [0.5, 0.6) is 5.75 Å². The minimum atomic E-state index is 0.253. The molecule has 2 nitrogen and oxygen atoms in total. The SMILES string of the molecule is COc1ccc([C@@H](C)n2cc(I)c3cc(Cl)ccc32)cc1. The lowest BCUT2D eigenvalue weighted by Gasteiger charge is -2.16. The Morgan fingerprint density at radius 2 is 1.86 bits per heavy atom. The van der Waals surface area contributed by atoms with E-state index in [1.54, 1.807) is 7.11 Å². The van der Waals surface area contributed by atoms with Crippen molar-refractivity contribution in [2.75, 3.05) is 7.11 Å². The van der Waals surface area contributed by atoms with Gasteiger partial charge in [-0.3, -0.25) is 0 Å². The van der Waals surface area contributed by atoms with E-state index in [-0.39, 0.29) is 6.04 Å². The van der Waals surface area contributed by atoms with Crippen molar-refractivity contribution in [1.82, 2.24) is 4.57 Å². The first-order valence-corrected chi connectivity index (χ1v) is 8.15. The summed E-state index contributed by atoms with van der Waals surface area (Å²) in [6.45, 7) is 2.20. The van der Waals surface area contributed by atoms with Crippen LogP contribution in [0.1, 0.15) is 18.5 Å². The van der Waals surface area contributed by atoms with Crippen LogP contribution in [0.15, 0.2) is 48.7 Å². The van der Waals surface area contributed by atoms with Crippen LogP contribution < -0.4 is 4.74 Å². The van der Waals surface area contributed by atoms with Gasteiger partial charge < -0.3 is 9.30 Å². The topological polar surface area (TPSA) is 14.2 Å². The zero-order chi connectivity index (χ0) is 15.0. The van der Waals surface area contributed by atoms with Gasteiger partial charge in [-0.1, -0.05) is 23.7 Å². The molecular formula is C17H15ClINO. The number of nitrogens with zero attached hydrogens (tertiary/aromatic N) is 1. The van der Waals surface area contributed by atoms with Crippen LogP contribution in [0.25, 0.3) is 10.9 Å². The number of rotatable bonds is 3. The van der Waals surface area contributed by atoms with E-state index in [1.165, 1.54) is 20.0 Å². The summed E-state index contributed by atoms with van der Waals surface area (Å²) in [5.41, 5.74) is 2.45. The Morgan fingerprint density at radius 3 is 2.52 bits per heavy atom. The largest absolute Gasteiger partial charge is 0.497 e. The fourth-order valence-corrected chi connectivity index (χ4v) is 3.45. The maximum atomic E-state index is 6.10. The van der Waals surface area contributed by atoms with Gasteiger partial charge in [0.2, 0.25) is 0 Å². The lowest BCUT2D eigenvalue weighted by molar-refractivity contribution is 0.414. The minimum Gasteiger partial charge on any atom is -0.497 e. The van der Waals surface area contributed by atoms with Crippen LogP contribution in [0.2, 0.25) is 5.02 Å². The normalized spacial score (nSPS) is 12.6. The van der Waals surface area contributed by atoms with E-state index in [9.17, 15) is 0 Å². The first-order valence-electron chi connectivity index (χ1n) is 6.69. The smallest absolute Gasteiger partial charge is 0.118 e. The van der Waals surface area contributed by atoms with Crippen molar-refractivity contribution in [3.05, 3.63) is 62.8 Å². The van der Waals surface area contributed by atoms with Gasteiger partial charge in [-0.15, -0.1) is 0 Å². The van der Waals surface area contributed by atoms with Crippen molar-refractivity contribution < 1.29 is 4.74 Å².